The van der Waals surface area contributed by atoms with Crippen LogP contribution in [0, 0.1) is 0 Å². The lowest BCUT2D eigenvalue weighted by atomic mass is 10.2. The minimum Gasteiger partial charge on any atom is -0.317 e. The highest BCUT2D eigenvalue weighted by molar-refractivity contribution is 7.99. The Hall–Kier alpha value is 0.110. The van der Waals surface area contributed by atoms with Crippen molar-refractivity contribution in [3.05, 3.63) is 34.9 Å². The van der Waals surface area contributed by atoms with E-state index in [1.54, 1.807) is 0 Å². The minimum atomic E-state index is 0. The van der Waals surface area contributed by atoms with Gasteiger partial charge < -0.3 is 5.32 Å². The van der Waals surface area contributed by atoms with Crippen molar-refractivity contribution >= 4 is 35.8 Å². The van der Waals surface area contributed by atoms with Gasteiger partial charge in [0.25, 0.3) is 0 Å². The second-order valence-corrected chi connectivity index (χ2v) is 5.55. The molecule has 1 aliphatic heterocycles. The summed E-state index contributed by atoms with van der Waals surface area (Å²) in [5.74, 6) is 1.05. The first-order chi connectivity index (χ1) is 7.36. The van der Waals surface area contributed by atoms with Gasteiger partial charge in [0, 0.05) is 16.0 Å². The maximum atomic E-state index is 6.12. The lowest BCUT2D eigenvalue weighted by Gasteiger charge is -2.22. The van der Waals surface area contributed by atoms with E-state index in [1.165, 1.54) is 31.5 Å². The first-order valence-electron chi connectivity index (χ1n) is 5.42. The zero-order chi connectivity index (χ0) is 10.5. The molecule has 2 rings (SSSR count). The second kappa shape index (κ2) is 7.44. The number of thioether (sulfide) groups is 1. The highest BCUT2D eigenvalue weighted by atomic mass is 35.5. The van der Waals surface area contributed by atoms with Crippen molar-refractivity contribution in [3.63, 3.8) is 0 Å². The number of piperidine rings is 1. The van der Waals surface area contributed by atoms with Gasteiger partial charge in [0.15, 0.2) is 0 Å². The van der Waals surface area contributed by atoms with E-state index in [0.29, 0.717) is 0 Å². The molecule has 0 bridgehead atoms. The molecule has 0 amide bonds. The van der Waals surface area contributed by atoms with Gasteiger partial charge in [0.05, 0.1) is 0 Å². The molecule has 0 unspecified atom stereocenters. The predicted octanol–water partition coefficient (Wildman–Crippen LogP) is 3.75. The van der Waals surface area contributed by atoms with Gasteiger partial charge >= 0.3 is 0 Å². The topological polar surface area (TPSA) is 12.0 Å². The number of halogens is 2. The third-order valence-corrected chi connectivity index (χ3v) is 4.51. The Labute approximate surface area is 113 Å². The van der Waals surface area contributed by atoms with Crippen molar-refractivity contribution in [1.29, 1.82) is 0 Å². The molecule has 90 valence electrons. The Balaban J connectivity index is 0.00000128. The highest BCUT2D eigenvalue weighted by Gasteiger charge is 2.13. The molecule has 4 heteroatoms. The summed E-state index contributed by atoms with van der Waals surface area (Å²) in [6.45, 7) is 2.33. The van der Waals surface area contributed by atoms with E-state index in [0.717, 1.165) is 16.0 Å². The van der Waals surface area contributed by atoms with Crippen LogP contribution in [0.3, 0.4) is 0 Å². The molecular weight excluding hydrogens is 261 g/mol. The van der Waals surface area contributed by atoms with E-state index >= 15 is 0 Å². The Morgan fingerprint density at radius 2 is 1.94 bits per heavy atom. The predicted molar refractivity (Wildman–Crippen MR) is 75.9 cm³/mol. The van der Waals surface area contributed by atoms with Crippen molar-refractivity contribution in [2.45, 2.75) is 23.8 Å². The molecular formula is C12H17Cl2NS. The minimum absolute atomic E-state index is 0. The van der Waals surface area contributed by atoms with E-state index in [4.69, 9.17) is 11.6 Å². The maximum absolute atomic E-state index is 6.12. The second-order valence-electron chi connectivity index (χ2n) is 3.85. The Kier molecular flexibility index (Phi) is 6.59. The average Bonchev–Trinajstić information content (AvgIpc) is 2.29. The third-order valence-electron chi connectivity index (χ3n) is 2.72. The molecule has 1 aromatic rings. The van der Waals surface area contributed by atoms with E-state index in [2.05, 4.69) is 17.4 Å². The molecule has 1 aromatic carbocycles. The molecule has 0 saturated carbocycles. The fourth-order valence-electron chi connectivity index (χ4n) is 1.79. The zero-order valence-corrected chi connectivity index (χ0v) is 11.5. The molecule has 1 fully saturated rings. The SMILES string of the molecule is Cl.Clc1ccccc1CSC1CCNCC1. The number of benzene rings is 1. The summed E-state index contributed by atoms with van der Waals surface area (Å²) >= 11 is 8.16. The zero-order valence-electron chi connectivity index (χ0n) is 9.12. The van der Waals surface area contributed by atoms with Gasteiger partial charge in [-0.3, -0.25) is 0 Å². The van der Waals surface area contributed by atoms with E-state index in [-0.39, 0.29) is 12.4 Å². The first kappa shape index (κ1) is 14.2. The number of rotatable bonds is 3. The standard InChI is InChI=1S/C12H16ClNS.ClH/c13-12-4-2-1-3-10(12)9-15-11-5-7-14-8-6-11;/h1-4,11,14H,5-9H2;1H. The fraction of sp³-hybridized carbons (Fsp3) is 0.500. The van der Waals surface area contributed by atoms with E-state index in [1.807, 2.05) is 23.9 Å². The normalized spacial score (nSPS) is 16.8. The molecule has 1 aliphatic rings. The van der Waals surface area contributed by atoms with Crippen LogP contribution < -0.4 is 5.32 Å². The summed E-state index contributed by atoms with van der Waals surface area (Å²) in [6.07, 6.45) is 2.57. The molecule has 1 N–H and O–H groups in total. The van der Waals surface area contributed by atoms with Crippen molar-refractivity contribution < 1.29 is 0 Å². The van der Waals surface area contributed by atoms with Crippen molar-refractivity contribution in [2.24, 2.45) is 0 Å². The molecule has 1 heterocycles. The largest absolute Gasteiger partial charge is 0.317 e. The van der Waals surface area contributed by atoms with Crippen LogP contribution in [0.4, 0.5) is 0 Å². The first-order valence-corrected chi connectivity index (χ1v) is 6.84. The molecule has 0 aromatic heterocycles. The quantitative estimate of drug-likeness (QED) is 0.903. The van der Waals surface area contributed by atoms with Gasteiger partial charge in [0.1, 0.15) is 0 Å². The Morgan fingerprint density at radius 1 is 1.25 bits per heavy atom. The van der Waals surface area contributed by atoms with Gasteiger partial charge in [0.2, 0.25) is 0 Å². The monoisotopic (exact) mass is 277 g/mol. The van der Waals surface area contributed by atoms with Crippen LogP contribution in [0.1, 0.15) is 18.4 Å². The molecule has 1 nitrogen and oxygen atoms in total. The van der Waals surface area contributed by atoms with Gasteiger partial charge in [-0.25, -0.2) is 0 Å². The Morgan fingerprint density at radius 3 is 2.62 bits per heavy atom. The summed E-state index contributed by atoms with van der Waals surface area (Å²) in [7, 11) is 0. The van der Waals surface area contributed by atoms with Crippen LogP contribution in [-0.2, 0) is 5.75 Å². The summed E-state index contributed by atoms with van der Waals surface area (Å²) < 4.78 is 0. The van der Waals surface area contributed by atoms with Crippen LogP contribution in [-0.4, -0.2) is 18.3 Å². The molecule has 0 atom stereocenters. The van der Waals surface area contributed by atoms with Crippen molar-refractivity contribution in [1.82, 2.24) is 5.32 Å². The van der Waals surface area contributed by atoms with Gasteiger partial charge in [-0.15, -0.1) is 12.4 Å². The number of hydrogen-bond donors (Lipinski definition) is 1. The van der Waals surface area contributed by atoms with Crippen LogP contribution >= 0.6 is 35.8 Å². The lowest BCUT2D eigenvalue weighted by molar-refractivity contribution is 0.531. The number of hydrogen-bond acceptors (Lipinski definition) is 2. The lowest BCUT2D eigenvalue weighted by Crippen LogP contribution is -2.29. The van der Waals surface area contributed by atoms with Crippen molar-refractivity contribution in [3.8, 4) is 0 Å². The molecule has 1 saturated heterocycles. The van der Waals surface area contributed by atoms with Crippen molar-refractivity contribution in [2.75, 3.05) is 13.1 Å². The fourth-order valence-corrected chi connectivity index (χ4v) is 3.30. The van der Waals surface area contributed by atoms with E-state index in [9.17, 15) is 0 Å². The summed E-state index contributed by atoms with van der Waals surface area (Å²) in [5.41, 5.74) is 1.27. The maximum Gasteiger partial charge on any atom is 0.0446 e. The van der Waals surface area contributed by atoms with Crippen LogP contribution in [0.25, 0.3) is 0 Å². The van der Waals surface area contributed by atoms with Gasteiger partial charge in [-0.2, -0.15) is 11.8 Å². The average molecular weight is 278 g/mol. The molecule has 0 radical (unpaired) electrons. The van der Waals surface area contributed by atoms with Gasteiger partial charge in [-0.1, -0.05) is 29.8 Å². The van der Waals surface area contributed by atoms with Crippen LogP contribution in [0.5, 0.6) is 0 Å². The molecule has 16 heavy (non-hydrogen) atoms. The van der Waals surface area contributed by atoms with Crippen LogP contribution in [0.2, 0.25) is 5.02 Å². The van der Waals surface area contributed by atoms with E-state index < -0.39 is 0 Å². The highest BCUT2D eigenvalue weighted by Crippen LogP contribution is 2.27. The smallest absolute Gasteiger partial charge is 0.0446 e. The number of nitrogens with one attached hydrogen (secondary N) is 1. The summed E-state index contributed by atoms with van der Waals surface area (Å²) in [6, 6.07) is 8.14. The summed E-state index contributed by atoms with van der Waals surface area (Å²) in [5, 5.41) is 5.09. The molecule has 0 spiro atoms. The summed E-state index contributed by atoms with van der Waals surface area (Å²) in [4.78, 5) is 0. The Bertz CT molecular complexity index is 314. The molecule has 0 aliphatic carbocycles. The van der Waals surface area contributed by atoms with Gasteiger partial charge in [-0.05, 0) is 37.6 Å². The third kappa shape index (κ3) is 4.17. The van der Waals surface area contributed by atoms with Crippen LogP contribution in [0.15, 0.2) is 24.3 Å².